The van der Waals surface area contributed by atoms with Crippen LogP contribution in [-0.4, -0.2) is 22.4 Å². The molecule has 0 aliphatic heterocycles. The number of carbonyl (C=O) groups is 1. The van der Waals surface area contributed by atoms with Gasteiger partial charge in [0.05, 0.1) is 0 Å². The van der Waals surface area contributed by atoms with Gasteiger partial charge in [0.2, 0.25) is 0 Å². The molecule has 0 aliphatic rings. The molecule has 2 N–H and O–H groups in total. The number of allylic oxidation sites excluding steroid dienone is 4. The van der Waals surface area contributed by atoms with E-state index in [-0.39, 0.29) is 12.5 Å². The first-order chi connectivity index (χ1) is 10.7. The summed E-state index contributed by atoms with van der Waals surface area (Å²) in [5.74, 6) is -0.732. The number of rotatable bonds is 14. The Morgan fingerprint density at radius 3 is 2.36 bits per heavy atom. The standard InChI is InChI=1S/C18H30O4/c1-2-3-4-8-11-14-17(22-21)15-12-9-6-5-7-10-13-16-18(19)20/h5-6,11-12,14-15,17,21H,2-4,7-10,13,16H2,1H3,(H,19,20)/b6-5-,14-11-,15-12-/t17-/m0/s1. The second kappa shape index (κ2) is 16.0. The van der Waals surface area contributed by atoms with Crippen LogP contribution in [0.4, 0.5) is 0 Å². The lowest BCUT2D eigenvalue weighted by molar-refractivity contribution is -0.254. The molecule has 22 heavy (non-hydrogen) atoms. The number of aliphatic carboxylic acids is 1. The fourth-order valence-electron chi connectivity index (χ4n) is 1.92. The monoisotopic (exact) mass is 310 g/mol. The summed E-state index contributed by atoms with van der Waals surface area (Å²) in [6.07, 6.45) is 19.5. The average molecular weight is 310 g/mol. The maximum absolute atomic E-state index is 10.3. The Morgan fingerprint density at radius 1 is 1.00 bits per heavy atom. The average Bonchev–Trinajstić information content (AvgIpc) is 2.50. The molecule has 0 spiro atoms. The zero-order chi connectivity index (χ0) is 16.5. The first-order valence-electron chi connectivity index (χ1n) is 8.21. The summed E-state index contributed by atoms with van der Waals surface area (Å²) in [4.78, 5) is 14.7. The van der Waals surface area contributed by atoms with Gasteiger partial charge in [-0.3, -0.25) is 10.1 Å². The molecule has 0 fully saturated rings. The molecule has 4 heteroatoms. The van der Waals surface area contributed by atoms with Crippen molar-refractivity contribution in [3.05, 3.63) is 36.5 Å². The van der Waals surface area contributed by atoms with E-state index in [9.17, 15) is 4.79 Å². The van der Waals surface area contributed by atoms with Crippen molar-refractivity contribution in [1.29, 1.82) is 0 Å². The topological polar surface area (TPSA) is 66.8 Å². The Labute approximate surface area is 134 Å². The van der Waals surface area contributed by atoms with E-state index in [2.05, 4.69) is 17.9 Å². The van der Waals surface area contributed by atoms with Crippen molar-refractivity contribution in [3.63, 3.8) is 0 Å². The highest BCUT2D eigenvalue weighted by Gasteiger charge is 1.97. The quantitative estimate of drug-likeness (QED) is 0.202. The summed E-state index contributed by atoms with van der Waals surface area (Å²) in [6, 6.07) is 0. The van der Waals surface area contributed by atoms with Gasteiger partial charge in [0, 0.05) is 6.42 Å². The van der Waals surface area contributed by atoms with E-state index in [0.717, 1.165) is 32.1 Å². The van der Waals surface area contributed by atoms with Gasteiger partial charge in [0.1, 0.15) is 6.10 Å². The van der Waals surface area contributed by atoms with Gasteiger partial charge in [0.15, 0.2) is 0 Å². The lowest BCUT2D eigenvalue weighted by atomic mass is 10.1. The lowest BCUT2D eigenvalue weighted by Gasteiger charge is -2.01. The van der Waals surface area contributed by atoms with Crippen molar-refractivity contribution in [3.8, 4) is 0 Å². The molecule has 0 aromatic carbocycles. The van der Waals surface area contributed by atoms with E-state index in [1.54, 1.807) is 0 Å². The third kappa shape index (κ3) is 15.0. The smallest absolute Gasteiger partial charge is 0.303 e. The molecule has 0 aliphatic carbocycles. The predicted octanol–water partition coefficient (Wildman–Crippen LogP) is 5.13. The number of hydrogen-bond acceptors (Lipinski definition) is 3. The van der Waals surface area contributed by atoms with Crippen LogP contribution in [0.15, 0.2) is 36.5 Å². The lowest BCUT2D eigenvalue weighted by Crippen LogP contribution is -2.02. The molecule has 0 rings (SSSR count). The number of carboxylic acid groups (broad SMARTS) is 1. The summed E-state index contributed by atoms with van der Waals surface area (Å²) in [5, 5.41) is 17.3. The molecule has 1 atom stereocenters. The molecule has 0 unspecified atom stereocenters. The second-order valence-corrected chi connectivity index (χ2v) is 5.27. The predicted molar refractivity (Wildman–Crippen MR) is 89.8 cm³/mol. The van der Waals surface area contributed by atoms with Gasteiger partial charge in [-0.15, -0.1) is 0 Å². The van der Waals surface area contributed by atoms with Gasteiger partial charge >= 0.3 is 5.97 Å². The third-order valence-corrected chi connectivity index (χ3v) is 3.20. The Hall–Kier alpha value is -1.39. The third-order valence-electron chi connectivity index (χ3n) is 3.20. The molecule has 0 aromatic heterocycles. The van der Waals surface area contributed by atoms with Crippen LogP contribution in [0.1, 0.15) is 64.7 Å². The fourth-order valence-corrected chi connectivity index (χ4v) is 1.92. The summed E-state index contributed by atoms with van der Waals surface area (Å²) >= 11 is 0. The van der Waals surface area contributed by atoms with Crippen LogP contribution >= 0.6 is 0 Å². The summed E-state index contributed by atoms with van der Waals surface area (Å²) in [5.41, 5.74) is 0. The van der Waals surface area contributed by atoms with E-state index >= 15 is 0 Å². The van der Waals surface area contributed by atoms with Crippen LogP contribution in [0, 0.1) is 0 Å². The highest BCUT2D eigenvalue weighted by Crippen LogP contribution is 2.04. The van der Waals surface area contributed by atoms with Crippen LogP contribution in [-0.2, 0) is 9.68 Å². The zero-order valence-electron chi connectivity index (χ0n) is 13.6. The minimum Gasteiger partial charge on any atom is -0.481 e. The van der Waals surface area contributed by atoms with Crippen molar-refractivity contribution >= 4 is 5.97 Å². The first-order valence-corrected chi connectivity index (χ1v) is 8.21. The Bertz CT molecular complexity index is 345. The maximum Gasteiger partial charge on any atom is 0.303 e. The minimum atomic E-state index is -0.732. The van der Waals surface area contributed by atoms with Crippen molar-refractivity contribution < 1.29 is 20.0 Å². The van der Waals surface area contributed by atoms with E-state index in [1.165, 1.54) is 19.3 Å². The molecule has 0 heterocycles. The highest BCUT2D eigenvalue weighted by molar-refractivity contribution is 5.66. The van der Waals surface area contributed by atoms with Gasteiger partial charge in [0.25, 0.3) is 0 Å². The van der Waals surface area contributed by atoms with Gasteiger partial charge in [-0.1, -0.05) is 56.2 Å². The number of hydrogen-bond donors (Lipinski definition) is 2. The van der Waals surface area contributed by atoms with Gasteiger partial charge < -0.3 is 5.11 Å². The molecule has 0 amide bonds. The number of unbranched alkanes of at least 4 members (excludes halogenated alkanes) is 5. The Kier molecular flexibility index (Phi) is 15.0. The fraction of sp³-hybridized carbons (Fsp3) is 0.611. The zero-order valence-corrected chi connectivity index (χ0v) is 13.6. The SMILES string of the molecule is CCCCC/C=C\[C@@H](/C=C\C/C=C\CCCCC(=O)O)OO. The Morgan fingerprint density at radius 2 is 1.68 bits per heavy atom. The first kappa shape index (κ1) is 20.6. The normalized spacial score (nSPS) is 13.5. The van der Waals surface area contributed by atoms with E-state index < -0.39 is 5.97 Å². The van der Waals surface area contributed by atoms with E-state index in [4.69, 9.17) is 10.4 Å². The molecular weight excluding hydrogens is 280 g/mol. The summed E-state index contributed by atoms with van der Waals surface area (Å²) in [6.45, 7) is 2.17. The highest BCUT2D eigenvalue weighted by atomic mass is 17.1. The molecule has 0 radical (unpaired) electrons. The van der Waals surface area contributed by atoms with Gasteiger partial charge in [-0.05, 0) is 38.5 Å². The molecule has 0 saturated heterocycles. The van der Waals surface area contributed by atoms with Crippen molar-refractivity contribution in [2.45, 2.75) is 70.8 Å². The van der Waals surface area contributed by atoms with Crippen LogP contribution in [0.2, 0.25) is 0 Å². The van der Waals surface area contributed by atoms with Crippen LogP contribution < -0.4 is 0 Å². The Balaban J connectivity index is 3.72. The second-order valence-electron chi connectivity index (χ2n) is 5.27. The van der Waals surface area contributed by atoms with Crippen LogP contribution in [0.25, 0.3) is 0 Å². The van der Waals surface area contributed by atoms with Crippen molar-refractivity contribution in [2.75, 3.05) is 0 Å². The molecule has 0 saturated carbocycles. The van der Waals surface area contributed by atoms with E-state index in [0.29, 0.717) is 0 Å². The maximum atomic E-state index is 10.3. The molecule has 126 valence electrons. The molecule has 4 nitrogen and oxygen atoms in total. The molecule has 0 aromatic rings. The largest absolute Gasteiger partial charge is 0.481 e. The number of carboxylic acids is 1. The molecular formula is C18H30O4. The van der Waals surface area contributed by atoms with Crippen LogP contribution in [0.3, 0.4) is 0 Å². The van der Waals surface area contributed by atoms with E-state index in [1.807, 2.05) is 30.4 Å². The summed E-state index contributed by atoms with van der Waals surface area (Å²) < 4.78 is 0. The van der Waals surface area contributed by atoms with Crippen LogP contribution in [0.5, 0.6) is 0 Å². The minimum absolute atomic E-state index is 0.244. The van der Waals surface area contributed by atoms with Gasteiger partial charge in [-0.2, -0.15) is 0 Å². The van der Waals surface area contributed by atoms with Crippen molar-refractivity contribution in [1.82, 2.24) is 0 Å². The van der Waals surface area contributed by atoms with Crippen molar-refractivity contribution in [2.24, 2.45) is 0 Å². The van der Waals surface area contributed by atoms with Gasteiger partial charge in [-0.25, -0.2) is 4.89 Å². The summed E-state index contributed by atoms with van der Waals surface area (Å²) in [7, 11) is 0. The molecule has 0 bridgehead atoms.